The van der Waals surface area contributed by atoms with Crippen molar-refractivity contribution in [2.45, 2.75) is 92.4 Å². The van der Waals surface area contributed by atoms with Crippen molar-refractivity contribution in [3.8, 4) is 45.1 Å². The van der Waals surface area contributed by atoms with Crippen LogP contribution in [0.4, 0.5) is 11.5 Å². The summed E-state index contributed by atoms with van der Waals surface area (Å²) in [6, 6.07) is 51.0. The molecule has 2 aromatic heterocycles. The Morgan fingerprint density at radius 1 is 0.635 bits per heavy atom. The SMILES string of the molecule is Cc1c(C)c(-c2ccccc2)c(-n2[c](=[Pt])n(-c3[c-]c(Oc4[c-]c5c(cc4)C(C)CCN5c4cc(C(C)(C)C)ccn4)cc(C(C)(C)C)c3)c3ccccc32)c(-c2ccccc2)c1C. The van der Waals surface area contributed by atoms with Crippen molar-refractivity contribution in [1.29, 1.82) is 0 Å². The molecular weight excluding hydrogens is 952 g/mol. The third-order valence-electron chi connectivity index (χ3n) is 13.0. The van der Waals surface area contributed by atoms with Gasteiger partial charge in [-0.3, -0.25) is 0 Å². The third-order valence-corrected chi connectivity index (χ3v) is 14.0. The van der Waals surface area contributed by atoms with Crippen molar-refractivity contribution < 1.29 is 24.1 Å². The van der Waals surface area contributed by atoms with E-state index in [0.717, 1.165) is 50.6 Å². The van der Waals surface area contributed by atoms with Crippen molar-refractivity contribution in [2.75, 3.05) is 11.4 Å². The summed E-state index contributed by atoms with van der Waals surface area (Å²) in [6.07, 6.45) is 2.97. The monoisotopic (exact) mass is 1010 g/mol. The molecule has 0 saturated heterocycles. The van der Waals surface area contributed by atoms with Gasteiger partial charge in [-0.15, -0.1) is 0 Å². The number of ether oxygens (including phenoxy) is 1. The first kappa shape index (κ1) is 42.5. The number of aromatic nitrogens is 3. The third kappa shape index (κ3) is 7.84. The number of hydrogen-bond donors (Lipinski definition) is 0. The Kier molecular flexibility index (Phi) is 11.1. The van der Waals surface area contributed by atoms with E-state index in [0.29, 0.717) is 17.4 Å². The Morgan fingerprint density at radius 3 is 1.83 bits per heavy atom. The molecule has 0 N–H and O–H groups in total. The first-order valence-electron chi connectivity index (χ1n) is 22.1. The minimum absolute atomic E-state index is 0.0123. The molecule has 9 rings (SSSR count). The molecule has 0 saturated carbocycles. The van der Waals surface area contributed by atoms with Gasteiger partial charge < -0.3 is 0 Å². The van der Waals surface area contributed by atoms with Crippen LogP contribution in [-0.2, 0) is 30.2 Å². The Bertz CT molecular complexity index is 3010. The van der Waals surface area contributed by atoms with Crippen molar-refractivity contribution in [3.05, 3.63) is 177 Å². The predicted molar refractivity (Wildman–Crippen MR) is 257 cm³/mol. The van der Waals surface area contributed by atoms with Crippen molar-refractivity contribution in [2.24, 2.45) is 0 Å². The van der Waals surface area contributed by atoms with Crippen LogP contribution in [0.3, 0.4) is 0 Å². The van der Waals surface area contributed by atoms with Gasteiger partial charge in [0.15, 0.2) is 0 Å². The second-order valence-electron chi connectivity index (χ2n) is 19.2. The van der Waals surface area contributed by atoms with E-state index in [1.165, 1.54) is 55.8 Å². The quantitative estimate of drug-likeness (QED) is 0.149. The fourth-order valence-electron chi connectivity index (χ4n) is 9.09. The van der Waals surface area contributed by atoms with E-state index < -0.39 is 0 Å². The van der Waals surface area contributed by atoms with E-state index in [9.17, 15) is 0 Å². The first-order valence-corrected chi connectivity index (χ1v) is 23.2. The van der Waals surface area contributed by atoms with Crippen molar-refractivity contribution in [1.82, 2.24) is 14.1 Å². The topological polar surface area (TPSA) is 35.2 Å². The maximum absolute atomic E-state index is 6.90. The number of imidazole rings is 1. The number of para-hydroxylation sites is 2. The van der Waals surface area contributed by atoms with Gasteiger partial charge in [0.05, 0.1) is 0 Å². The number of anilines is 2. The first-order chi connectivity index (χ1) is 30.1. The molecule has 1 unspecified atom stereocenters. The van der Waals surface area contributed by atoms with E-state index in [2.05, 4.69) is 236 Å². The zero-order valence-electron chi connectivity index (χ0n) is 38.1. The number of fused-ring (bicyclic) bond motifs is 2. The molecule has 1 aliphatic rings. The molecule has 322 valence electrons. The van der Waals surface area contributed by atoms with Crippen LogP contribution >= 0.6 is 0 Å². The van der Waals surface area contributed by atoms with Crippen LogP contribution in [0.15, 0.2) is 128 Å². The van der Waals surface area contributed by atoms with Crippen LogP contribution < -0.4 is 9.64 Å². The maximum atomic E-state index is 6.90. The Balaban J connectivity index is 1.24. The molecule has 0 amide bonds. The van der Waals surface area contributed by atoms with Crippen LogP contribution in [0, 0.1) is 36.7 Å². The van der Waals surface area contributed by atoms with Crippen molar-refractivity contribution in [3.63, 3.8) is 0 Å². The number of nitrogens with zero attached hydrogens (tertiary/aromatic N) is 4. The Morgan fingerprint density at radius 2 is 1.22 bits per heavy atom. The second-order valence-corrected chi connectivity index (χ2v) is 20.2. The number of benzene rings is 6. The van der Waals surface area contributed by atoms with E-state index in [4.69, 9.17) is 9.72 Å². The number of rotatable bonds is 7. The summed E-state index contributed by atoms with van der Waals surface area (Å²) in [5.74, 6) is 2.64. The molecule has 8 aromatic rings. The normalized spacial score (nSPS) is 14.3. The minimum atomic E-state index is -0.172. The van der Waals surface area contributed by atoms with Crippen LogP contribution in [0.1, 0.15) is 94.2 Å². The zero-order chi connectivity index (χ0) is 44.4. The summed E-state index contributed by atoms with van der Waals surface area (Å²) in [4.78, 5) is 7.18. The van der Waals surface area contributed by atoms with Gasteiger partial charge in [0, 0.05) is 6.20 Å². The van der Waals surface area contributed by atoms with Crippen LogP contribution in [-0.4, -0.2) is 20.7 Å². The molecule has 0 bridgehead atoms. The van der Waals surface area contributed by atoms with Gasteiger partial charge in [-0.25, -0.2) is 0 Å². The molecule has 1 aliphatic heterocycles. The standard InChI is InChI=1S/C57H56N4O.Pt/c1-37-28-30-59(52-33-43(27-29-58-52)56(5,6)7)51-35-46(25-26-48(37)51)62-47-32-44(57(8,9)10)31-45(34-47)60-36-61(50-24-18-17-23-49(50)60)55-53(41-19-13-11-14-20-41)39(3)38(2)40(4)54(55)42-21-15-12-16-22-42;/h11-27,29,31-33,37H,28,30H2,1-10H3;/q-2;. The van der Waals surface area contributed by atoms with Crippen molar-refractivity contribution >= 4 is 22.5 Å². The van der Waals surface area contributed by atoms with Gasteiger partial charge in [0.2, 0.25) is 0 Å². The fourth-order valence-corrected chi connectivity index (χ4v) is 10.2. The summed E-state index contributed by atoms with van der Waals surface area (Å²) in [6.45, 7) is 23.5. The molecule has 0 aliphatic carbocycles. The van der Waals surface area contributed by atoms with E-state index in [1.54, 1.807) is 0 Å². The fraction of sp³-hybridized carbons (Fsp3) is 0.263. The molecule has 3 heterocycles. The number of hydrogen-bond acceptors (Lipinski definition) is 3. The summed E-state index contributed by atoms with van der Waals surface area (Å²) in [5, 5.41) is 0. The molecule has 6 heteroatoms. The van der Waals surface area contributed by atoms with Crippen LogP contribution in [0.25, 0.3) is 44.7 Å². The molecule has 0 radical (unpaired) electrons. The van der Waals surface area contributed by atoms with Gasteiger partial charge in [0.1, 0.15) is 0 Å². The molecule has 6 aromatic carbocycles. The Hall–Kier alpha value is -5.77. The Labute approximate surface area is 384 Å². The summed E-state index contributed by atoms with van der Waals surface area (Å²) in [7, 11) is 0. The van der Waals surface area contributed by atoms with Gasteiger partial charge >= 0.3 is 343 Å². The van der Waals surface area contributed by atoms with Gasteiger partial charge in [-0.2, -0.15) is 0 Å². The molecule has 1 atom stereocenters. The van der Waals surface area contributed by atoms with Gasteiger partial charge in [-0.05, 0) is 17.0 Å². The van der Waals surface area contributed by atoms with E-state index in [1.807, 2.05) is 6.20 Å². The molecule has 63 heavy (non-hydrogen) atoms. The van der Waals surface area contributed by atoms with E-state index >= 15 is 0 Å². The molecule has 0 spiro atoms. The van der Waals surface area contributed by atoms with E-state index in [-0.39, 0.29) is 10.8 Å². The molecule has 5 nitrogen and oxygen atoms in total. The van der Waals surface area contributed by atoms with Gasteiger partial charge in [0.25, 0.3) is 0 Å². The molecular formula is C57H56N4OPt-2. The second kappa shape index (κ2) is 16.4. The summed E-state index contributed by atoms with van der Waals surface area (Å²) in [5.41, 5.74) is 17.5. The summed E-state index contributed by atoms with van der Waals surface area (Å²) >= 11 is 2.54. The predicted octanol–water partition coefficient (Wildman–Crippen LogP) is 14.8. The average Bonchev–Trinajstić information content (AvgIpc) is 3.56. The van der Waals surface area contributed by atoms with Crippen LogP contribution in [0.2, 0.25) is 0 Å². The zero-order valence-corrected chi connectivity index (χ0v) is 40.4. The van der Waals surface area contributed by atoms with Gasteiger partial charge in [-0.1, -0.05) is 20.8 Å². The van der Waals surface area contributed by atoms with Crippen LogP contribution in [0.5, 0.6) is 11.5 Å². The summed E-state index contributed by atoms with van der Waals surface area (Å²) < 4.78 is 12.8. The number of pyridine rings is 1. The molecule has 0 fully saturated rings. The average molecular weight is 1010 g/mol.